The first-order valence-corrected chi connectivity index (χ1v) is 6.66. The maximum Gasteiger partial charge on any atom is 0.224 e. The zero-order valence-electron chi connectivity index (χ0n) is 9.97. The van der Waals surface area contributed by atoms with E-state index in [1.807, 2.05) is 31.1 Å². The first kappa shape index (κ1) is 11.5. The number of thioether (sulfide) groups is 1. The lowest BCUT2D eigenvalue weighted by atomic mass is 10.2. The maximum absolute atomic E-state index is 4.49. The van der Waals surface area contributed by atoms with Gasteiger partial charge >= 0.3 is 0 Å². The van der Waals surface area contributed by atoms with Gasteiger partial charge in [-0.3, -0.25) is 0 Å². The predicted octanol–water partition coefficient (Wildman–Crippen LogP) is 1.85. The Hall–Kier alpha value is -0.970. The maximum atomic E-state index is 4.49. The highest BCUT2D eigenvalue weighted by Gasteiger charge is 2.26. The molecule has 0 radical (unpaired) electrons. The predicted molar refractivity (Wildman–Crippen MR) is 70.3 cm³/mol. The number of rotatable bonds is 2. The van der Waals surface area contributed by atoms with Crippen LogP contribution in [-0.2, 0) is 0 Å². The Labute approximate surface area is 101 Å². The average molecular weight is 238 g/mol. The molecule has 5 heteroatoms. The summed E-state index contributed by atoms with van der Waals surface area (Å²) in [5, 5.41) is 3.63. The lowest BCUT2D eigenvalue weighted by Crippen LogP contribution is -2.45. The van der Waals surface area contributed by atoms with Gasteiger partial charge in [-0.2, -0.15) is 16.7 Å². The lowest BCUT2D eigenvalue weighted by molar-refractivity contribution is 0.620. The molecule has 0 aliphatic carbocycles. The van der Waals surface area contributed by atoms with Gasteiger partial charge in [-0.05, 0) is 13.0 Å². The summed E-state index contributed by atoms with van der Waals surface area (Å²) < 4.78 is 0. The summed E-state index contributed by atoms with van der Waals surface area (Å²) >= 11 is 2.03. The molecule has 16 heavy (non-hydrogen) atoms. The molecule has 0 amide bonds. The molecule has 0 bridgehead atoms. The summed E-state index contributed by atoms with van der Waals surface area (Å²) in [6.45, 7) is 5.61. The van der Waals surface area contributed by atoms with Crippen LogP contribution in [0.4, 0.5) is 11.8 Å². The summed E-state index contributed by atoms with van der Waals surface area (Å²) in [6.07, 6.45) is 1.81. The molecule has 88 valence electrons. The smallest absolute Gasteiger partial charge is 0.224 e. The molecule has 1 fully saturated rings. The third-order valence-corrected chi connectivity index (χ3v) is 4.38. The van der Waals surface area contributed by atoms with Gasteiger partial charge in [0.25, 0.3) is 0 Å². The molecule has 1 aliphatic heterocycles. The second-order valence-corrected chi connectivity index (χ2v) is 5.48. The van der Waals surface area contributed by atoms with E-state index in [2.05, 4.69) is 34.0 Å². The van der Waals surface area contributed by atoms with E-state index in [0.717, 1.165) is 12.4 Å². The minimum Gasteiger partial charge on any atom is -0.357 e. The summed E-state index contributed by atoms with van der Waals surface area (Å²) in [4.78, 5) is 11.0. The highest BCUT2D eigenvalue weighted by atomic mass is 32.2. The Morgan fingerprint density at radius 3 is 3.06 bits per heavy atom. The number of nitrogens with one attached hydrogen (secondary N) is 1. The molecule has 0 saturated carbocycles. The Morgan fingerprint density at radius 2 is 2.31 bits per heavy atom. The molecule has 4 nitrogen and oxygen atoms in total. The third-order valence-electron chi connectivity index (χ3n) is 3.04. The molecule has 1 saturated heterocycles. The van der Waals surface area contributed by atoms with Crippen LogP contribution in [0.5, 0.6) is 0 Å². The van der Waals surface area contributed by atoms with Gasteiger partial charge in [0.2, 0.25) is 5.95 Å². The van der Waals surface area contributed by atoms with Crippen molar-refractivity contribution in [1.29, 1.82) is 0 Å². The van der Waals surface area contributed by atoms with E-state index in [0.29, 0.717) is 17.2 Å². The van der Waals surface area contributed by atoms with Gasteiger partial charge in [-0.1, -0.05) is 6.92 Å². The molecule has 2 atom stereocenters. The summed E-state index contributed by atoms with van der Waals surface area (Å²) in [5.74, 6) is 2.89. The van der Waals surface area contributed by atoms with E-state index < -0.39 is 0 Å². The topological polar surface area (TPSA) is 41.1 Å². The van der Waals surface area contributed by atoms with Gasteiger partial charge in [0.05, 0.1) is 0 Å². The number of nitrogens with zero attached hydrogens (tertiary/aromatic N) is 3. The molecule has 2 rings (SSSR count). The van der Waals surface area contributed by atoms with Gasteiger partial charge in [-0.25, -0.2) is 4.98 Å². The number of hydrogen-bond acceptors (Lipinski definition) is 5. The summed E-state index contributed by atoms with van der Waals surface area (Å²) in [5.41, 5.74) is 0. The zero-order valence-corrected chi connectivity index (χ0v) is 10.8. The molecule has 0 aromatic carbocycles. The highest BCUT2D eigenvalue weighted by molar-refractivity contribution is 8.00. The van der Waals surface area contributed by atoms with Gasteiger partial charge < -0.3 is 10.2 Å². The highest BCUT2D eigenvalue weighted by Crippen LogP contribution is 2.27. The third kappa shape index (κ3) is 2.24. The number of anilines is 2. The van der Waals surface area contributed by atoms with Crippen molar-refractivity contribution in [2.45, 2.75) is 25.1 Å². The van der Waals surface area contributed by atoms with Crippen LogP contribution in [-0.4, -0.2) is 40.6 Å². The first-order valence-electron chi connectivity index (χ1n) is 5.61. The van der Waals surface area contributed by atoms with E-state index >= 15 is 0 Å². The lowest BCUT2D eigenvalue weighted by Gasteiger charge is -2.38. The van der Waals surface area contributed by atoms with Crippen LogP contribution < -0.4 is 10.2 Å². The minimum absolute atomic E-state index is 0.526. The molecule has 2 heterocycles. The van der Waals surface area contributed by atoms with Crippen LogP contribution in [0.15, 0.2) is 12.3 Å². The van der Waals surface area contributed by atoms with Crippen LogP contribution in [0.3, 0.4) is 0 Å². The monoisotopic (exact) mass is 238 g/mol. The Morgan fingerprint density at radius 1 is 1.50 bits per heavy atom. The van der Waals surface area contributed by atoms with Gasteiger partial charge in [-0.15, -0.1) is 0 Å². The van der Waals surface area contributed by atoms with Crippen LogP contribution in [0.2, 0.25) is 0 Å². The Bertz CT molecular complexity index is 358. The minimum atomic E-state index is 0.526. The quantitative estimate of drug-likeness (QED) is 0.851. The van der Waals surface area contributed by atoms with Crippen molar-refractivity contribution in [2.75, 3.05) is 29.6 Å². The van der Waals surface area contributed by atoms with E-state index in [9.17, 15) is 0 Å². The van der Waals surface area contributed by atoms with Gasteiger partial charge in [0, 0.05) is 36.8 Å². The molecule has 1 aliphatic rings. The molecule has 0 spiro atoms. The average Bonchev–Trinajstić information content (AvgIpc) is 2.33. The second-order valence-electron chi connectivity index (χ2n) is 4.00. The summed E-state index contributed by atoms with van der Waals surface area (Å²) in [7, 11) is 1.84. The van der Waals surface area contributed by atoms with Crippen LogP contribution >= 0.6 is 11.8 Å². The number of hydrogen-bond donors (Lipinski definition) is 1. The van der Waals surface area contributed by atoms with Crippen LogP contribution in [0, 0.1) is 0 Å². The molecule has 1 aromatic rings. The van der Waals surface area contributed by atoms with Gasteiger partial charge in [0.1, 0.15) is 5.82 Å². The van der Waals surface area contributed by atoms with Crippen LogP contribution in [0.1, 0.15) is 13.8 Å². The van der Waals surface area contributed by atoms with E-state index in [4.69, 9.17) is 0 Å². The zero-order chi connectivity index (χ0) is 11.5. The van der Waals surface area contributed by atoms with Crippen LogP contribution in [0.25, 0.3) is 0 Å². The van der Waals surface area contributed by atoms with Gasteiger partial charge in [0.15, 0.2) is 0 Å². The van der Waals surface area contributed by atoms with E-state index in [1.165, 1.54) is 5.75 Å². The molecular formula is C11H18N4S. The second kappa shape index (κ2) is 4.91. The Kier molecular flexibility index (Phi) is 3.53. The normalized spacial score (nSPS) is 25.6. The number of aromatic nitrogens is 2. The molecule has 1 N–H and O–H groups in total. The standard InChI is InChI=1S/C11H18N4S/c1-8-9(2)16-7-6-15(8)10-4-5-13-11(12-3)14-10/h4-5,8-9H,6-7H2,1-3H3,(H,12,13,14). The fraction of sp³-hybridized carbons (Fsp3) is 0.636. The van der Waals surface area contributed by atoms with Crippen molar-refractivity contribution in [1.82, 2.24) is 9.97 Å². The van der Waals surface area contributed by atoms with E-state index in [1.54, 1.807) is 0 Å². The first-order chi connectivity index (χ1) is 7.72. The van der Waals surface area contributed by atoms with Crippen molar-refractivity contribution in [3.05, 3.63) is 12.3 Å². The van der Waals surface area contributed by atoms with E-state index in [-0.39, 0.29) is 0 Å². The van der Waals surface area contributed by atoms with Crippen molar-refractivity contribution in [2.24, 2.45) is 0 Å². The van der Waals surface area contributed by atoms with Crippen molar-refractivity contribution >= 4 is 23.5 Å². The summed E-state index contributed by atoms with van der Waals surface area (Å²) in [6, 6.07) is 2.51. The Balaban J connectivity index is 2.21. The van der Waals surface area contributed by atoms with Crippen molar-refractivity contribution in [3.8, 4) is 0 Å². The fourth-order valence-corrected chi connectivity index (χ4v) is 2.99. The molecule has 1 aromatic heterocycles. The molecule has 2 unspecified atom stereocenters. The fourth-order valence-electron chi connectivity index (χ4n) is 1.89. The van der Waals surface area contributed by atoms with Crippen molar-refractivity contribution < 1.29 is 0 Å². The largest absolute Gasteiger partial charge is 0.357 e. The molecular weight excluding hydrogens is 220 g/mol. The SMILES string of the molecule is CNc1nccc(N2CCSC(C)C2C)n1. The van der Waals surface area contributed by atoms with Crippen molar-refractivity contribution in [3.63, 3.8) is 0 Å².